The number of fused-ring (bicyclic) bond motifs is 3. The van der Waals surface area contributed by atoms with Gasteiger partial charge in [-0.25, -0.2) is 14.6 Å². The minimum Gasteiger partial charge on any atom is -0.394 e. The molecule has 5 aliphatic heterocycles. The molecular formula is C19H26N4O10S. The summed E-state index contributed by atoms with van der Waals surface area (Å²) in [6.07, 6.45) is -7.93. The highest BCUT2D eigenvalue weighted by molar-refractivity contribution is 8.01. The molecule has 10 atom stereocenters. The van der Waals surface area contributed by atoms with Gasteiger partial charge in [-0.3, -0.25) is 19.9 Å². The van der Waals surface area contributed by atoms with E-state index in [4.69, 9.17) is 9.47 Å². The van der Waals surface area contributed by atoms with Crippen molar-refractivity contribution in [1.29, 1.82) is 0 Å². The quantitative estimate of drug-likeness (QED) is 0.226. The van der Waals surface area contributed by atoms with E-state index in [0.29, 0.717) is 0 Å². The first-order valence-electron chi connectivity index (χ1n) is 10.9. The fourth-order valence-corrected chi connectivity index (χ4v) is 7.06. The molecule has 5 aliphatic rings. The highest BCUT2D eigenvalue weighted by Gasteiger charge is 2.65. The Balaban J connectivity index is 1.44. The zero-order chi connectivity index (χ0) is 24.5. The molecule has 0 aromatic heterocycles. The van der Waals surface area contributed by atoms with Crippen LogP contribution in [0.15, 0.2) is 4.99 Å². The zero-order valence-corrected chi connectivity index (χ0v) is 18.9. The predicted molar refractivity (Wildman–Crippen MR) is 112 cm³/mol. The number of nitrogens with zero attached hydrogens (tertiary/aromatic N) is 3. The second-order valence-electron chi connectivity index (χ2n) is 9.12. The Kier molecular flexibility index (Phi) is 5.88. The molecule has 0 aromatic carbocycles. The molecule has 14 nitrogen and oxygen atoms in total. The van der Waals surface area contributed by atoms with Gasteiger partial charge in [-0.1, -0.05) is 0 Å². The van der Waals surface area contributed by atoms with Crippen molar-refractivity contribution < 1.29 is 49.4 Å². The molecule has 188 valence electrons. The molecule has 5 amide bonds. The zero-order valence-electron chi connectivity index (χ0n) is 18.1. The second-order valence-corrected chi connectivity index (χ2v) is 10.4. The lowest BCUT2D eigenvalue weighted by atomic mass is 9.79. The normalized spacial score (nSPS) is 46.5. The summed E-state index contributed by atoms with van der Waals surface area (Å²) < 4.78 is 11.1. The fourth-order valence-electron chi connectivity index (χ4n) is 5.21. The Morgan fingerprint density at radius 2 is 1.82 bits per heavy atom. The number of urea groups is 2. The number of rotatable bonds is 4. The van der Waals surface area contributed by atoms with Crippen molar-refractivity contribution in [2.45, 2.75) is 66.9 Å². The van der Waals surface area contributed by atoms with Crippen molar-refractivity contribution in [2.24, 2.45) is 10.4 Å². The Hall–Kier alpha value is -1.85. The molecule has 0 spiro atoms. The lowest BCUT2D eigenvalue weighted by molar-refractivity contribution is -0.133. The number of aliphatic hydroxyl groups is 5. The van der Waals surface area contributed by atoms with Crippen molar-refractivity contribution in [1.82, 2.24) is 15.1 Å². The standard InChI is InChI=1S/C19H26N4O10S/c1-19-13-9(3-22(17(30)20-13)14-12(28)11(27)8(5-25)33-14)34-16(19)23(18(31)21-15(19)29)10-2-6(26)7(4-24)32-10/h6-12,14,16,24-28H,2-5H2,1H3,(H,21,29,31)/t6-,7+,8+,9?,10+,11+,12+,14+,16?,19?/m0/s1. The molecule has 34 heavy (non-hydrogen) atoms. The topological polar surface area (TPSA) is 202 Å². The van der Waals surface area contributed by atoms with Crippen molar-refractivity contribution in [3.63, 3.8) is 0 Å². The van der Waals surface area contributed by atoms with Gasteiger partial charge in [0.25, 0.3) is 0 Å². The molecule has 0 bridgehead atoms. The number of amides is 5. The first-order valence-corrected chi connectivity index (χ1v) is 11.8. The molecule has 5 rings (SSSR count). The highest BCUT2D eigenvalue weighted by atomic mass is 32.2. The fraction of sp³-hybridized carbons (Fsp3) is 0.789. The van der Waals surface area contributed by atoms with Crippen molar-refractivity contribution >= 4 is 35.4 Å². The van der Waals surface area contributed by atoms with E-state index in [0.717, 1.165) is 4.90 Å². The maximum atomic E-state index is 13.0. The van der Waals surface area contributed by atoms with Crippen LogP contribution in [0.2, 0.25) is 0 Å². The van der Waals surface area contributed by atoms with Gasteiger partial charge in [0, 0.05) is 13.0 Å². The van der Waals surface area contributed by atoms with Gasteiger partial charge < -0.3 is 35.0 Å². The lowest BCUT2D eigenvalue weighted by Crippen LogP contribution is -2.67. The van der Waals surface area contributed by atoms with Crippen LogP contribution in [0.4, 0.5) is 9.59 Å². The van der Waals surface area contributed by atoms with E-state index in [2.05, 4.69) is 10.3 Å². The van der Waals surface area contributed by atoms with E-state index < -0.39 is 90.2 Å². The number of imide groups is 1. The van der Waals surface area contributed by atoms with Crippen LogP contribution in [0.3, 0.4) is 0 Å². The summed E-state index contributed by atoms with van der Waals surface area (Å²) >= 11 is 1.21. The molecule has 4 saturated heterocycles. The highest BCUT2D eigenvalue weighted by Crippen LogP contribution is 2.52. The number of ether oxygens (including phenoxy) is 2. The number of aliphatic imine (C=N–C) groups is 1. The number of hydrogen-bond acceptors (Lipinski definition) is 11. The van der Waals surface area contributed by atoms with Crippen molar-refractivity contribution in [2.75, 3.05) is 19.8 Å². The maximum Gasteiger partial charge on any atom is 0.345 e. The van der Waals surface area contributed by atoms with Gasteiger partial charge >= 0.3 is 12.1 Å². The van der Waals surface area contributed by atoms with E-state index in [1.807, 2.05) is 0 Å². The molecule has 6 N–H and O–H groups in total. The van der Waals surface area contributed by atoms with Gasteiger partial charge in [-0.05, 0) is 6.92 Å². The van der Waals surface area contributed by atoms with Crippen molar-refractivity contribution in [3.8, 4) is 0 Å². The Labute approximate surface area is 197 Å². The summed E-state index contributed by atoms with van der Waals surface area (Å²) in [5.41, 5.74) is -1.12. The molecule has 0 saturated carbocycles. The van der Waals surface area contributed by atoms with Crippen LogP contribution in [-0.2, 0) is 14.3 Å². The van der Waals surface area contributed by atoms with Crippen LogP contribution < -0.4 is 5.32 Å². The Morgan fingerprint density at radius 1 is 1.12 bits per heavy atom. The van der Waals surface area contributed by atoms with E-state index >= 15 is 0 Å². The van der Waals surface area contributed by atoms with Gasteiger partial charge in [-0.15, -0.1) is 11.8 Å². The minimum atomic E-state index is -1.47. The van der Waals surface area contributed by atoms with Crippen molar-refractivity contribution in [3.05, 3.63) is 0 Å². The molecule has 5 heterocycles. The number of aliphatic hydroxyl groups excluding tert-OH is 5. The molecule has 0 aromatic rings. The summed E-state index contributed by atoms with van der Waals surface area (Å²) in [4.78, 5) is 45.3. The van der Waals surface area contributed by atoms with Gasteiger partial charge in [0.2, 0.25) is 5.91 Å². The largest absolute Gasteiger partial charge is 0.394 e. The number of hydrogen-bond donors (Lipinski definition) is 6. The third-order valence-electron chi connectivity index (χ3n) is 7.15. The van der Waals surface area contributed by atoms with E-state index in [1.165, 1.54) is 16.7 Å². The molecule has 15 heteroatoms. The van der Waals surface area contributed by atoms with Gasteiger partial charge in [0.1, 0.15) is 41.4 Å². The van der Waals surface area contributed by atoms with E-state index in [9.17, 15) is 39.9 Å². The summed E-state index contributed by atoms with van der Waals surface area (Å²) in [6.45, 7) is 0.555. The summed E-state index contributed by atoms with van der Waals surface area (Å²) in [5, 5.41) is 50.2. The minimum absolute atomic E-state index is 0.0241. The average Bonchev–Trinajstić information content (AvgIpc) is 3.41. The maximum absolute atomic E-state index is 13.0. The summed E-state index contributed by atoms with van der Waals surface area (Å²) in [7, 11) is 0. The van der Waals surface area contributed by atoms with Crippen LogP contribution in [0.5, 0.6) is 0 Å². The molecule has 0 aliphatic carbocycles. The van der Waals surface area contributed by atoms with Crippen LogP contribution in [-0.4, -0.2) is 132 Å². The SMILES string of the molecule is CC12C(=O)NC(=O)N([C@H]3C[C@H](O)[C@@H](CO)O3)C1SC1CN([C@@H]3O[C@H](CO)[C@@H](O)[C@H]3O)C(=O)N=C12. The first-order chi connectivity index (χ1) is 16.1. The molecule has 4 fully saturated rings. The van der Waals surface area contributed by atoms with Gasteiger partial charge in [-0.2, -0.15) is 0 Å². The number of carbonyl (C=O) groups excluding carboxylic acids is 3. The second kappa shape index (κ2) is 8.37. The predicted octanol–water partition coefficient (Wildman–Crippen LogP) is -3.23. The lowest BCUT2D eigenvalue weighted by Gasteiger charge is -2.44. The molecule has 0 radical (unpaired) electrons. The van der Waals surface area contributed by atoms with E-state index in [-0.39, 0.29) is 18.7 Å². The number of nitrogens with one attached hydrogen (secondary N) is 1. The third kappa shape index (κ3) is 3.30. The Morgan fingerprint density at radius 3 is 2.44 bits per heavy atom. The van der Waals surface area contributed by atoms with Gasteiger partial charge in [0.15, 0.2) is 6.23 Å². The Bertz CT molecular complexity index is 937. The number of thioether (sulfide) groups is 1. The van der Waals surface area contributed by atoms with Crippen LogP contribution in [0.1, 0.15) is 13.3 Å². The molecular weight excluding hydrogens is 476 g/mol. The van der Waals surface area contributed by atoms with Gasteiger partial charge in [0.05, 0.1) is 30.3 Å². The van der Waals surface area contributed by atoms with Crippen LogP contribution in [0, 0.1) is 5.41 Å². The molecule has 3 unspecified atom stereocenters. The van der Waals surface area contributed by atoms with Crippen LogP contribution in [0.25, 0.3) is 0 Å². The smallest absolute Gasteiger partial charge is 0.345 e. The summed E-state index contributed by atoms with van der Waals surface area (Å²) in [6, 6.07) is -1.51. The summed E-state index contributed by atoms with van der Waals surface area (Å²) in [5.74, 6) is -0.626. The monoisotopic (exact) mass is 502 g/mol. The van der Waals surface area contributed by atoms with Crippen LogP contribution >= 0.6 is 11.8 Å². The first kappa shape index (κ1) is 23.9. The third-order valence-corrected chi connectivity index (χ3v) is 8.80. The van der Waals surface area contributed by atoms with E-state index in [1.54, 1.807) is 6.92 Å². The number of carbonyl (C=O) groups is 3. The average molecular weight is 503 g/mol.